The maximum Gasteiger partial charge on any atom is 0.0589 e. The monoisotopic (exact) mass is 145 g/mol. The standard InChI is InChI=1S/C8H19NO/c1-5-8(2)9(3)6-7-10-4/h8H,5-7H2,1-4H3. The number of ether oxygens (including phenoxy) is 1. The molecule has 0 heterocycles. The smallest absolute Gasteiger partial charge is 0.0589 e. The molecule has 0 aromatic heterocycles. The highest BCUT2D eigenvalue weighted by Crippen LogP contribution is 1.98. The summed E-state index contributed by atoms with van der Waals surface area (Å²) in [5, 5.41) is 0. The fourth-order valence-electron chi connectivity index (χ4n) is 0.767. The Bertz CT molecular complexity index is 75.7. The highest BCUT2D eigenvalue weighted by Gasteiger charge is 2.04. The van der Waals surface area contributed by atoms with Crippen molar-refractivity contribution in [2.75, 3.05) is 27.3 Å². The van der Waals surface area contributed by atoms with Crippen LogP contribution in [0, 0.1) is 0 Å². The lowest BCUT2D eigenvalue weighted by atomic mass is 10.2. The number of methoxy groups -OCH3 is 1. The Balaban J connectivity index is 3.31. The summed E-state index contributed by atoms with van der Waals surface area (Å²) in [5.41, 5.74) is 0. The molecule has 0 N–H and O–H groups in total. The van der Waals surface area contributed by atoms with Gasteiger partial charge in [-0.2, -0.15) is 0 Å². The lowest BCUT2D eigenvalue weighted by molar-refractivity contribution is 0.142. The summed E-state index contributed by atoms with van der Waals surface area (Å²) in [6.45, 7) is 6.30. The molecule has 0 rings (SSSR count). The van der Waals surface area contributed by atoms with Crippen molar-refractivity contribution < 1.29 is 4.74 Å². The lowest BCUT2D eigenvalue weighted by Crippen LogP contribution is -2.31. The molecule has 0 saturated carbocycles. The number of nitrogens with zero attached hydrogens (tertiary/aromatic N) is 1. The van der Waals surface area contributed by atoms with Gasteiger partial charge in [-0.05, 0) is 20.4 Å². The van der Waals surface area contributed by atoms with Crippen LogP contribution < -0.4 is 0 Å². The lowest BCUT2D eigenvalue weighted by Gasteiger charge is -2.22. The zero-order valence-electron chi connectivity index (χ0n) is 7.55. The molecule has 0 aliphatic carbocycles. The Morgan fingerprint density at radius 1 is 1.50 bits per heavy atom. The van der Waals surface area contributed by atoms with Crippen molar-refractivity contribution in [3.63, 3.8) is 0 Å². The first-order valence-corrected chi connectivity index (χ1v) is 3.91. The minimum atomic E-state index is 0.676. The number of rotatable bonds is 5. The molecule has 0 aliphatic rings. The van der Waals surface area contributed by atoms with Gasteiger partial charge in [-0.25, -0.2) is 0 Å². The Hall–Kier alpha value is -0.0800. The van der Waals surface area contributed by atoms with Gasteiger partial charge in [-0.3, -0.25) is 0 Å². The molecule has 10 heavy (non-hydrogen) atoms. The van der Waals surface area contributed by atoms with Crippen molar-refractivity contribution in [3.05, 3.63) is 0 Å². The predicted octanol–water partition coefficient (Wildman–Crippen LogP) is 1.36. The molecule has 0 spiro atoms. The first-order valence-electron chi connectivity index (χ1n) is 3.91. The van der Waals surface area contributed by atoms with Crippen molar-refractivity contribution in [2.24, 2.45) is 0 Å². The van der Waals surface area contributed by atoms with Crippen molar-refractivity contribution >= 4 is 0 Å². The van der Waals surface area contributed by atoms with Gasteiger partial charge in [0.05, 0.1) is 6.61 Å². The molecule has 2 nitrogen and oxygen atoms in total. The van der Waals surface area contributed by atoms with Gasteiger partial charge in [-0.15, -0.1) is 0 Å². The molecule has 0 bridgehead atoms. The quantitative estimate of drug-likeness (QED) is 0.579. The van der Waals surface area contributed by atoms with Crippen molar-refractivity contribution in [1.29, 1.82) is 0 Å². The van der Waals surface area contributed by atoms with Gasteiger partial charge in [0.15, 0.2) is 0 Å². The molecule has 0 aromatic carbocycles. The van der Waals surface area contributed by atoms with Gasteiger partial charge in [-0.1, -0.05) is 6.92 Å². The summed E-state index contributed by atoms with van der Waals surface area (Å²) in [6, 6.07) is 0.676. The van der Waals surface area contributed by atoms with Crippen LogP contribution in [-0.2, 0) is 4.74 Å². The zero-order valence-corrected chi connectivity index (χ0v) is 7.55. The third-order valence-corrected chi connectivity index (χ3v) is 1.99. The molecular formula is C8H19NO. The van der Waals surface area contributed by atoms with Crippen molar-refractivity contribution in [2.45, 2.75) is 26.3 Å². The minimum Gasteiger partial charge on any atom is -0.383 e. The summed E-state index contributed by atoms with van der Waals surface area (Å²) in [7, 11) is 3.87. The fraction of sp³-hybridized carbons (Fsp3) is 1.00. The Morgan fingerprint density at radius 2 is 2.10 bits per heavy atom. The average Bonchev–Trinajstić information content (AvgIpc) is 1.98. The topological polar surface area (TPSA) is 12.5 Å². The van der Waals surface area contributed by atoms with E-state index >= 15 is 0 Å². The molecule has 0 fully saturated rings. The molecule has 0 radical (unpaired) electrons. The van der Waals surface area contributed by atoms with Gasteiger partial charge < -0.3 is 9.64 Å². The van der Waals surface area contributed by atoms with Crippen LogP contribution in [0.2, 0.25) is 0 Å². The van der Waals surface area contributed by atoms with E-state index in [0.29, 0.717) is 6.04 Å². The Labute approximate surface area is 64.2 Å². The number of likely N-dealkylation sites (N-methyl/N-ethyl adjacent to an activating group) is 1. The second-order valence-corrected chi connectivity index (χ2v) is 2.73. The number of hydrogen-bond acceptors (Lipinski definition) is 2. The third-order valence-electron chi connectivity index (χ3n) is 1.99. The van der Waals surface area contributed by atoms with E-state index in [1.807, 2.05) is 0 Å². The molecule has 1 atom stereocenters. The van der Waals surface area contributed by atoms with E-state index in [1.165, 1.54) is 6.42 Å². The van der Waals surface area contributed by atoms with Gasteiger partial charge in [0.2, 0.25) is 0 Å². The summed E-state index contributed by atoms with van der Waals surface area (Å²) < 4.78 is 4.97. The van der Waals surface area contributed by atoms with E-state index in [9.17, 15) is 0 Å². The average molecular weight is 145 g/mol. The summed E-state index contributed by atoms with van der Waals surface area (Å²) in [6.07, 6.45) is 1.21. The second kappa shape index (κ2) is 5.69. The molecule has 0 aliphatic heterocycles. The van der Waals surface area contributed by atoms with Crippen LogP contribution in [0.3, 0.4) is 0 Å². The third kappa shape index (κ3) is 3.85. The molecule has 1 unspecified atom stereocenters. The van der Waals surface area contributed by atoms with Crippen LogP contribution in [0.25, 0.3) is 0 Å². The maximum absolute atomic E-state index is 4.97. The van der Waals surface area contributed by atoms with E-state index in [0.717, 1.165) is 13.2 Å². The minimum absolute atomic E-state index is 0.676. The number of hydrogen-bond donors (Lipinski definition) is 0. The van der Waals surface area contributed by atoms with Gasteiger partial charge >= 0.3 is 0 Å². The fourth-order valence-corrected chi connectivity index (χ4v) is 0.767. The zero-order chi connectivity index (χ0) is 7.98. The second-order valence-electron chi connectivity index (χ2n) is 2.73. The largest absolute Gasteiger partial charge is 0.383 e. The van der Waals surface area contributed by atoms with Crippen LogP contribution >= 0.6 is 0 Å². The first-order chi connectivity index (χ1) is 4.72. The van der Waals surface area contributed by atoms with Crippen molar-refractivity contribution in [3.8, 4) is 0 Å². The SMILES string of the molecule is CCC(C)N(C)CCOC. The molecule has 0 amide bonds. The Kier molecular flexibility index (Phi) is 5.64. The Morgan fingerprint density at radius 3 is 2.50 bits per heavy atom. The summed E-state index contributed by atoms with van der Waals surface area (Å²) >= 11 is 0. The van der Waals surface area contributed by atoms with Crippen molar-refractivity contribution in [1.82, 2.24) is 4.90 Å². The molecular weight excluding hydrogens is 126 g/mol. The van der Waals surface area contributed by atoms with Crippen LogP contribution in [0.15, 0.2) is 0 Å². The van der Waals surface area contributed by atoms with Gasteiger partial charge in [0, 0.05) is 19.7 Å². The molecule has 2 heteroatoms. The summed E-state index contributed by atoms with van der Waals surface area (Å²) in [4.78, 5) is 2.31. The van der Waals surface area contributed by atoms with Crippen LogP contribution in [0.4, 0.5) is 0 Å². The van der Waals surface area contributed by atoms with E-state index in [-0.39, 0.29) is 0 Å². The van der Waals surface area contributed by atoms with E-state index in [1.54, 1.807) is 7.11 Å². The summed E-state index contributed by atoms with van der Waals surface area (Å²) in [5.74, 6) is 0. The highest BCUT2D eigenvalue weighted by atomic mass is 16.5. The normalized spacial score (nSPS) is 14.1. The first kappa shape index (κ1) is 9.92. The van der Waals surface area contributed by atoms with Crippen LogP contribution in [-0.4, -0.2) is 38.3 Å². The van der Waals surface area contributed by atoms with Crippen LogP contribution in [0.5, 0.6) is 0 Å². The maximum atomic E-state index is 4.97. The molecule has 0 saturated heterocycles. The molecule has 62 valence electrons. The van der Waals surface area contributed by atoms with E-state index in [4.69, 9.17) is 4.74 Å². The van der Waals surface area contributed by atoms with Crippen LogP contribution in [0.1, 0.15) is 20.3 Å². The van der Waals surface area contributed by atoms with E-state index in [2.05, 4.69) is 25.8 Å². The predicted molar refractivity (Wildman–Crippen MR) is 44.3 cm³/mol. The molecule has 0 aromatic rings. The van der Waals surface area contributed by atoms with Gasteiger partial charge in [0.25, 0.3) is 0 Å². The van der Waals surface area contributed by atoms with E-state index < -0.39 is 0 Å². The highest BCUT2D eigenvalue weighted by molar-refractivity contribution is 4.59. The van der Waals surface area contributed by atoms with Gasteiger partial charge in [0.1, 0.15) is 0 Å².